The largest absolute Gasteiger partial charge is 0.497 e. The van der Waals surface area contributed by atoms with Gasteiger partial charge in [-0.25, -0.2) is 0 Å². The molecule has 2 heteroatoms. The molecule has 0 saturated heterocycles. The average molecular weight is 301 g/mol. The van der Waals surface area contributed by atoms with Gasteiger partial charge in [-0.05, 0) is 29.5 Å². The van der Waals surface area contributed by atoms with Crippen molar-refractivity contribution in [3.05, 3.63) is 46.7 Å². The summed E-state index contributed by atoms with van der Waals surface area (Å²) in [6.45, 7) is 13.9. The van der Waals surface area contributed by atoms with Crippen LogP contribution < -0.4 is 9.92 Å². The van der Waals surface area contributed by atoms with E-state index in [0.717, 1.165) is 12.2 Å². The number of benzene rings is 1. The highest BCUT2D eigenvalue weighted by molar-refractivity contribution is 6.96. The highest BCUT2D eigenvalue weighted by Gasteiger charge is 2.34. The Balaban J connectivity index is 2.66. The predicted molar refractivity (Wildman–Crippen MR) is 95.4 cm³/mol. The van der Waals surface area contributed by atoms with Crippen molar-refractivity contribution in [1.29, 1.82) is 0 Å². The zero-order chi connectivity index (χ0) is 15.8. The van der Waals surface area contributed by atoms with E-state index in [2.05, 4.69) is 71.1 Å². The number of ether oxygens (including phenoxy) is 1. The molecule has 0 unspecified atom stereocenters. The van der Waals surface area contributed by atoms with Gasteiger partial charge in [0.25, 0.3) is 0 Å². The summed E-state index contributed by atoms with van der Waals surface area (Å²) in [5.74, 6) is 1.11. The van der Waals surface area contributed by atoms with Gasteiger partial charge in [-0.3, -0.25) is 0 Å². The summed E-state index contributed by atoms with van der Waals surface area (Å²) in [5.41, 5.74) is 2.76. The van der Waals surface area contributed by atoms with Gasteiger partial charge >= 0.3 is 0 Å². The molecule has 0 aliphatic heterocycles. The summed E-state index contributed by atoms with van der Waals surface area (Å²) in [6, 6.07) is 4.63. The van der Waals surface area contributed by atoms with E-state index in [9.17, 15) is 0 Å². The van der Waals surface area contributed by atoms with Crippen LogP contribution in [-0.4, -0.2) is 15.2 Å². The number of methoxy groups -OCH3 is 1. The maximum Gasteiger partial charge on any atom is 0.122 e. The fourth-order valence-corrected chi connectivity index (χ4v) is 5.98. The Morgan fingerprint density at radius 3 is 2.29 bits per heavy atom. The topological polar surface area (TPSA) is 9.23 Å². The van der Waals surface area contributed by atoms with E-state index in [0.29, 0.717) is 0 Å². The van der Waals surface area contributed by atoms with Crippen LogP contribution in [0.1, 0.15) is 38.3 Å². The minimum absolute atomic E-state index is 0.0961. The number of rotatable bonds is 3. The molecule has 0 N–H and O–H groups in total. The number of aryl methyl sites for hydroxylation is 1. The molecule has 0 radical (unpaired) electrons. The van der Waals surface area contributed by atoms with Crippen molar-refractivity contribution in [1.82, 2.24) is 0 Å². The van der Waals surface area contributed by atoms with E-state index in [1.54, 1.807) is 5.20 Å². The number of allylic oxidation sites excluding steroid dienone is 4. The van der Waals surface area contributed by atoms with Crippen LogP contribution in [0.2, 0.25) is 13.1 Å². The number of hydrogen-bond acceptors (Lipinski definition) is 1. The van der Waals surface area contributed by atoms with Crippen molar-refractivity contribution in [2.24, 2.45) is 0 Å². The third-order valence-electron chi connectivity index (χ3n) is 4.49. The summed E-state index contributed by atoms with van der Waals surface area (Å²) < 4.78 is 5.89. The van der Waals surface area contributed by atoms with Crippen molar-refractivity contribution in [3.63, 3.8) is 0 Å². The van der Waals surface area contributed by atoms with E-state index in [4.69, 9.17) is 4.74 Å². The molecular formula is C19H28OSi. The summed E-state index contributed by atoms with van der Waals surface area (Å²) in [6.07, 6.45) is 7.86. The molecule has 0 saturated carbocycles. The van der Waals surface area contributed by atoms with E-state index >= 15 is 0 Å². The van der Waals surface area contributed by atoms with Crippen molar-refractivity contribution in [3.8, 4) is 5.75 Å². The predicted octanol–water partition coefficient (Wildman–Crippen LogP) is 4.64. The lowest BCUT2D eigenvalue weighted by atomic mass is 9.85. The van der Waals surface area contributed by atoms with Gasteiger partial charge in [-0.2, -0.15) is 0 Å². The van der Waals surface area contributed by atoms with E-state index < -0.39 is 8.07 Å². The molecule has 21 heavy (non-hydrogen) atoms. The lowest BCUT2D eigenvalue weighted by Gasteiger charge is -2.31. The standard InChI is InChI=1S/C19H28OSi/c1-14-12-16(19(2,3)4)18(20-5)17(13-14)21(6,7)15-10-8-9-11-15/h8-10,12-13H,11H2,1-7H3. The quantitative estimate of drug-likeness (QED) is 0.739. The van der Waals surface area contributed by atoms with Crippen molar-refractivity contribution in [2.45, 2.75) is 52.6 Å². The van der Waals surface area contributed by atoms with Crippen LogP contribution in [0.25, 0.3) is 0 Å². The fraction of sp³-hybridized carbons (Fsp3) is 0.474. The van der Waals surface area contributed by atoms with Gasteiger partial charge in [-0.1, -0.05) is 75.0 Å². The number of hydrogen-bond donors (Lipinski definition) is 0. The maximum atomic E-state index is 5.89. The first kappa shape index (κ1) is 16.1. The Bertz CT molecular complexity index is 601. The molecule has 0 heterocycles. The van der Waals surface area contributed by atoms with Crippen LogP contribution in [0.5, 0.6) is 5.75 Å². The Hall–Kier alpha value is -1.28. The molecule has 1 aliphatic rings. The third kappa shape index (κ3) is 3.01. The Labute approximate surface area is 130 Å². The molecule has 1 aromatic rings. The van der Waals surface area contributed by atoms with E-state index in [1.807, 2.05) is 7.11 Å². The molecule has 0 bridgehead atoms. The molecule has 1 aromatic carbocycles. The Kier molecular flexibility index (Phi) is 4.21. The third-order valence-corrected chi connectivity index (χ3v) is 8.19. The molecule has 0 fully saturated rings. The molecule has 0 amide bonds. The van der Waals surface area contributed by atoms with Crippen LogP contribution in [0.4, 0.5) is 0 Å². The monoisotopic (exact) mass is 300 g/mol. The van der Waals surface area contributed by atoms with Crippen molar-refractivity contribution in [2.75, 3.05) is 7.11 Å². The first-order valence-electron chi connectivity index (χ1n) is 7.73. The summed E-state index contributed by atoms with van der Waals surface area (Å²) >= 11 is 0. The molecule has 0 spiro atoms. The molecule has 1 aliphatic carbocycles. The molecule has 1 nitrogen and oxygen atoms in total. The lowest BCUT2D eigenvalue weighted by molar-refractivity contribution is 0.400. The highest BCUT2D eigenvalue weighted by Crippen LogP contribution is 2.34. The minimum atomic E-state index is -1.68. The molecule has 0 aromatic heterocycles. The minimum Gasteiger partial charge on any atom is -0.497 e. The van der Waals surface area contributed by atoms with Gasteiger partial charge in [0.05, 0.1) is 7.11 Å². The highest BCUT2D eigenvalue weighted by atomic mass is 28.3. The van der Waals surface area contributed by atoms with Crippen LogP contribution >= 0.6 is 0 Å². The Morgan fingerprint density at radius 2 is 1.81 bits per heavy atom. The van der Waals surface area contributed by atoms with E-state index in [1.165, 1.54) is 16.3 Å². The lowest BCUT2D eigenvalue weighted by Crippen LogP contribution is -2.45. The maximum absolute atomic E-state index is 5.89. The normalized spacial score (nSPS) is 15.3. The first-order chi connectivity index (χ1) is 9.67. The smallest absolute Gasteiger partial charge is 0.122 e. The van der Waals surface area contributed by atoms with Gasteiger partial charge in [0, 0.05) is 0 Å². The second-order valence-corrected chi connectivity index (χ2v) is 12.0. The van der Waals surface area contributed by atoms with Gasteiger partial charge in [-0.15, -0.1) is 0 Å². The van der Waals surface area contributed by atoms with Crippen LogP contribution in [0.15, 0.2) is 35.6 Å². The second kappa shape index (κ2) is 5.49. The van der Waals surface area contributed by atoms with Crippen LogP contribution in [0, 0.1) is 6.92 Å². The molecule has 114 valence electrons. The van der Waals surface area contributed by atoms with Gasteiger partial charge in [0.15, 0.2) is 0 Å². The fourth-order valence-electron chi connectivity index (χ4n) is 3.10. The van der Waals surface area contributed by atoms with E-state index in [-0.39, 0.29) is 5.41 Å². The molecule has 0 atom stereocenters. The molecule has 2 rings (SSSR count). The second-order valence-electron chi connectivity index (χ2n) is 7.59. The summed E-state index contributed by atoms with van der Waals surface area (Å²) in [5, 5.41) is 3.02. The molecular weight excluding hydrogens is 272 g/mol. The zero-order valence-electron chi connectivity index (χ0n) is 14.5. The first-order valence-corrected chi connectivity index (χ1v) is 10.7. The van der Waals surface area contributed by atoms with Gasteiger partial charge in [0.2, 0.25) is 0 Å². The zero-order valence-corrected chi connectivity index (χ0v) is 15.5. The van der Waals surface area contributed by atoms with Gasteiger partial charge in [0.1, 0.15) is 13.8 Å². The summed E-state index contributed by atoms with van der Waals surface area (Å²) in [7, 11) is 0.135. The van der Waals surface area contributed by atoms with Crippen LogP contribution in [-0.2, 0) is 5.41 Å². The van der Waals surface area contributed by atoms with Gasteiger partial charge < -0.3 is 4.74 Å². The van der Waals surface area contributed by atoms with Crippen molar-refractivity contribution < 1.29 is 4.74 Å². The SMILES string of the molecule is COc1c(C(C)(C)C)cc(C)cc1[Si](C)(C)C1=CC=CC1. The Morgan fingerprint density at radius 1 is 1.14 bits per heavy atom. The average Bonchev–Trinajstić information content (AvgIpc) is 2.91. The summed E-state index contributed by atoms with van der Waals surface area (Å²) in [4.78, 5) is 0. The van der Waals surface area contributed by atoms with Crippen LogP contribution in [0.3, 0.4) is 0 Å². The van der Waals surface area contributed by atoms with Crippen molar-refractivity contribution >= 4 is 13.3 Å².